The first kappa shape index (κ1) is 30.0. The van der Waals surface area contributed by atoms with Gasteiger partial charge in [0.2, 0.25) is 0 Å². The second-order valence-electron chi connectivity index (χ2n) is 11.4. The Balaban J connectivity index is 1.53. The van der Waals surface area contributed by atoms with E-state index < -0.39 is 17.9 Å². The average molecular weight is 561 g/mol. The van der Waals surface area contributed by atoms with Crippen LogP contribution in [0.4, 0.5) is 5.82 Å². The van der Waals surface area contributed by atoms with Crippen molar-refractivity contribution in [2.45, 2.75) is 65.5 Å². The Labute approximate surface area is 241 Å². The molecular weight excluding hydrogens is 520 g/mol. The average Bonchev–Trinajstić information content (AvgIpc) is 3.35. The van der Waals surface area contributed by atoms with Gasteiger partial charge in [0.25, 0.3) is 11.8 Å². The van der Waals surface area contributed by atoms with Crippen molar-refractivity contribution in [3.63, 3.8) is 0 Å². The summed E-state index contributed by atoms with van der Waals surface area (Å²) in [5, 5.41) is 19.7. The van der Waals surface area contributed by atoms with Gasteiger partial charge < -0.3 is 20.5 Å². The number of carboxylic acid groups (broad SMARTS) is 1. The first-order valence-electron chi connectivity index (χ1n) is 14.3. The summed E-state index contributed by atoms with van der Waals surface area (Å²) in [7, 11) is 0. The van der Waals surface area contributed by atoms with Crippen LogP contribution in [-0.2, 0) is 14.3 Å². The van der Waals surface area contributed by atoms with Crippen molar-refractivity contribution in [3.05, 3.63) is 77.5 Å². The number of carbonyl (C=O) groups is 3. The quantitative estimate of drug-likeness (QED) is 0.283. The molecule has 0 aliphatic heterocycles. The van der Waals surface area contributed by atoms with Crippen molar-refractivity contribution in [2.24, 2.45) is 17.8 Å². The molecule has 0 radical (unpaired) electrons. The van der Waals surface area contributed by atoms with Gasteiger partial charge in [0.1, 0.15) is 12.4 Å². The van der Waals surface area contributed by atoms with Crippen LogP contribution in [0.3, 0.4) is 0 Å². The minimum absolute atomic E-state index is 0.0254. The van der Waals surface area contributed by atoms with Crippen LogP contribution in [0.5, 0.6) is 0 Å². The number of amides is 2. The van der Waals surface area contributed by atoms with Gasteiger partial charge in [0.05, 0.1) is 24.3 Å². The zero-order valence-electron chi connectivity index (χ0n) is 24.2. The van der Waals surface area contributed by atoms with Crippen LogP contribution < -0.4 is 10.6 Å². The Bertz CT molecular complexity index is 1350. The SMILES string of the molecule is Cc1ccccc1[C@H](CC(=O)O)NC(=O)c1cc(NC(=O)CO[C@@H]2C[C@H](C)CC[C@H]2C(C)C)n(-c2ccccc2)n1. The van der Waals surface area contributed by atoms with Crippen molar-refractivity contribution in [1.82, 2.24) is 15.1 Å². The largest absolute Gasteiger partial charge is 0.481 e. The number of carboxylic acids is 1. The van der Waals surface area contributed by atoms with Crippen LogP contribution in [0.1, 0.15) is 74.1 Å². The maximum absolute atomic E-state index is 13.3. The Morgan fingerprint density at radius 3 is 2.46 bits per heavy atom. The lowest BCUT2D eigenvalue weighted by Crippen LogP contribution is -2.36. The van der Waals surface area contributed by atoms with Gasteiger partial charge in [0, 0.05) is 6.07 Å². The lowest BCUT2D eigenvalue weighted by atomic mass is 9.75. The molecule has 4 atom stereocenters. The number of aliphatic carboxylic acids is 1. The molecule has 1 saturated carbocycles. The molecule has 41 heavy (non-hydrogen) atoms. The van der Waals surface area contributed by atoms with Crippen LogP contribution >= 0.6 is 0 Å². The second kappa shape index (κ2) is 13.6. The number of ether oxygens (including phenoxy) is 1. The smallest absolute Gasteiger partial charge is 0.305 e. The van der Waals surface area contributed by atoms with E-state index in [0.29, 0.717) is 34.8 Å². The zero-order valence-corrected chi connectivity index (χ0v) is 24.2. The van der Waals surface area contributed by atoms with E-state index in [0.717, 1.165) is 18.4 Å². The molecule has 1 aliphatic rings. The van der Waals surface area contributed by atoms with Crippen LogP contribution in [0.15, 0.2) is 60.7 Å². The van der Waals surface area contributed by atoms with Gasteiger partial charge >= 0.3 is 5.97 Å². The summed E-state index contributed by atoms with van der Waals surface area (Å²) in [6, 6.07) is 17.2. The molecule has 3 N–H and O–H groups in total. The van der Waals surface area contributed by atoms with Gasteiger partial charge in [-0.3, -0.25) is 14.4 Å². The number of hydrogen-bond donors (Lipinski definition) is 3. The van der Waals surface area contributed by atoms with Gasteiger partial charge in [-0.05, 0) is 60.8 Å². The third-order valence-electron chi connectivity index (χ3n) is 7.85. The highest BCUT2D eigenvalue weighted by Crippen LogP contribution is 2.35. The molecule has 0 unspecified atom stereocenters. The number of nitrogens with zero attached hydrogens (tertiary/aromatic N) is 2. The molecule has 0 spiro atoms. The third kappa shape index (κ3) is 7.82. The fraction of sp³-hybridized carbons (Fsp3) is 0.438. The van der Waals surface area contributed by atoms with E-state index in [9.17, 15) is 19.5 Å². The van der Waals surface area contributed by atoms with E-state index in [-0.39, 0.29) is 30.7 Å². The summed E-state index contributed by atoms with van der Waals surface area (Å²) in [5.41, 5.74) is 2.29. The van der Waals surface area contributed by atoms with Gasteiger partial charge in [-0.2, -0.15) is 5.10 Å². The molecule has 1 aromatic heterocycles. The number of para-hydroxylation sites is 1. The van der Waals surface area contributed by atoms with E-state index in [4.69, 9.17) is 4.74 Å². The van der Waals surface area contributed by atoms with Crippen LogP contribution in [0, 0.1) is 24.7 Å². The molecule has 0 saturated heterocycles. The minimum atomic E-state index is -1.03. The highest BCUT2D eigenvalue weighted by molar-refractivity contribution is 5.96. The lowest BCUT2D eigenvalue weighted by molar-refractivity contribution is -0.137. The number of rotatable bonds is 11. The third-order valence-corrected chi connectivity index (χ3v) is 7.85. The molecule has 1 fully saturated rings. The predicted octanol–water partition coefficient (Wildman–Crippen LogP) is 5.54. The fourth-order valence-electron chi connectivity index (χ4n) is 5.64. The van der Waals surface area contributed by atoms with Crippen molar-refractivity contribution in [3.8, 4) is 5.69 Å². The number of nitrogens with one attached hydrogen (secondary N) is 2. The highest BCUT2D eigenvalue weighted by Gasteiger charge is 2.32. The van der Waals surface area contributed by atoms with E-state index in [2.05, 4.69) is 36.5 Å². The first-order chi connectivity index (χ1) is 19.6. The molecule has 1 aliphatic carbocycles. The molecule has 9 nitrogen and oxygen atoms in total. The maximum Gasteiger partial charge on any atom is 0.305 e. The normalized spacial score (nSPS) is 19.5. The highest BCUT2D eigenvalue weighted by atomic mass is 16.5. The molecule has 2 aromatic carbocycles. The summed E-state index contributed by atoms with van der Waals surface area (Å²) in [6.45, 7) is 8.38. The number of hydrogen-bond acceptors (Lipinski definition) is 5. The molecule has 9 heteroatoms. The fourth-order valence-corrected chi connectivity index (χ4v) is 5.64. The van der Waals surface area contributed by atoms with Crippen molar-refractivity contribution in [1.29, 1.82) is 0 Å². The lowest BCUT2D eigenvalue weighted by Gasteiger charge is -2.37. The van der Waals surface area contributed by atoms with Crippen LogP contribution in [0.2, 0.25) is 0 Å². The van der Waals surface area contributed by atoms with Crippen molar-refractivity contribution < 1.29 is 24.2 Å². The number of aromatic nitrogens is 2. The van der Waals surface area contributed by atoms with Crippen molar-refractivity contribution >= 4 is 23.6 Å². The standard InChI is InChI=1S/C32H40N4O5/c1-20(2)24-15-14-21(3)16-28(24)41-19-30(37)34-29-17-27(35-36(29)23-11-6-5-7-12-23)32(40)33-26(18-31(38)39)25-13-9-8-10-22(25)4/h5-13,17,20-21,24,26,28H,14-16,18-19H2,1-4H3,(H,33,40)(H,34,37)(H,38,39)/t21-,24+,26+,28-/m1/s1. The monoisotopic (exact) mass is 560 g/mol. The number of aryl methyl sites for hydroxylation is 1. The molecule has 2 amide bonds. The van der Waals surface area contributed by atoms with E-state index in [1.54, 1.807) is 12.1 Å². The molecule has 1 heterocycles. The Kier molecular flexibility index (Phi) is 9.94. The van der Waals surface area contributed by atoms with Gasteiger partial charge in [0.15, 0.2) is 5.69 Å². The van der Waals surface area contributed by atoms with Gasteiger partial charge in [-0.1, -0.05) is 69.7 Å². The van der Waals surface area contributed by atoms with Crippen LogP contribution in [0.25, 0.3) is 5.69 Å². The first-order valence-corrected chi connectivity index (χ1v) is 14.3. The molecule has 218 valence electrons. The summed E-state index contributed by atoms with van der Waals surface area (Å²) in [4.78, 5) is 38.0. The van der Waals surface area contributed by atoms with Crippen molar-refractivity contribution in [2.75, 3.05) is 11.9 Å². The number of benzene rings is 2. The number of anilines is 1. The second-order valence-corrected chi connectivity index (χ2v) is 11.4. The Morgan fingerprint density at radius 1 is 1.07 bits per heavy atom. The van der Waals surface area contributed by atoms with Crippen LogP contribution in [-0.4, -0.2) is 45.4 Å². The van der Waals surface area contributed by atoms with Gasteiger partial charge in [-0.15, -0.1) is 0 Å². The summed E-state index contributed by atoms with van der Waals surface area (Å²) >= 11 is 0. The van der Waals surface area contributed by atoms with E-state index >= 15 is 0 Å². The number of carbonyl (C=O) groups excluding carboxylic acids is 2. The zero-order chi connectivity index (χ0) is 29.5. The Hall–Kier alpha value is -3.98. The maximum atomic E-state index is 13.3. The summed E-state index contributed by atoms with van der Waals surface area (Å²) in [6.07, 6.45) is 2.94. The van der Waals surface area contributed by atoms with Gasteiger partial charge in [-0.25, -0.2) is 4.68 Å². The topological polar surface area (TPSA) is 123 Å². The van der Waals surface area contributed by atoms with E-state index in [1.165, 1.54) is 17.2 Å². The summed E-state index contributed by atoms with van der Waals surface area (Å²) < 4.78 is 7.63. The molecule has 4 rings (SSSR count). The minimum Gasteiger partial charge on any atom is -0.481 e. The molecular formula is C32H40N4O5. The predicted molar refractivity (Wildman–Crippen MR) is 157 cm³/mol. The Morgan fingerprint density at radius 2 is 1.78 bits per heavy atom. The van der Waals surface area contributed by atoms with E-state index in [1.807, 2.05) is 49.4 Å². The summed E-state index contributed by atoms with van der Waals surface area (Å²) in [5.74, 6) is -0.151. The molecule has 3 aromatic rings. The molecule has 0 bridgehead atoms.